The molecule has 1 saturated carbocycles. The largest absolute Gasteiger partial charge is 0.496 e. The summed E-state index contributed by atoms with van der Waals surface area (Å²) in [6, 6.07) is 8.47. The van der Waals surface area contributed by atoms with E-state index >= 15 is 0 Å². The summed E-state index contributed by atoms with van der Waals surface area (Å²) in [5.41, 5.74) is 2.35. The van der Waals surface area contributed by atoms with E-state index in [1.807, 2.05) is 23.0 Å². The molecule has 0 spiro atoms. The van der Waals surface area contributed by atoms with Crippen molar-refractivity contribution >= 4 is 0 Å². The minimum Gasteiger partial charge on any atom is -0.496 e. The Morgan fingerprint density at radius 2 is 2.29 bits per heavy atom. The maximum absolute atomic E-state index is 9.96. The van der Waals surface area contributed by atoms with E-state index in [0.717, 1.165) is 37.1 Å². The second-order valence-electron chi connectivity index (χ2n) is 6.66. The van der Waals surface area contributed by atoms with Crippen molar-refractivity contribution in [3.8, 4) is 5.75 Å². The molecule has 1 heterocycles. The second kappa shape index (κ2) is 7.81. The first-order valence-corrected chi connectivity index (χ1v) is 8.73. The van der Waals surface area contributed by atoms with Gasteiger partial charge in [-0.1, -0.05) is 12.5 Å². The Kier molecular flexibility index (Phi) is 5.53. The fourth-order valence-corrected chi connectivity index (χ4v) is 3.46. The molecule has 0 radical (unpaired) electrons. The predicted octanol–water partition coefficient (Wildman–Crippen LogP) is 2.75. The second-order valence-corrected chi connectivity index (χ2v) is 6.66. The van der Waals surface area contributed by atoms with Gasteiger partial charge in [0.25, 0.3) is 0 Å². The van der Waals surface area contributed by atoms with Gasteiger partial charge in [-0.15, -0.1) is 0 Å². The van der Waals surface area contributed by atoms with Crippen molar-refractivity contribution in [2.24, 2.45) is 5.92 Å². The summed E-state index contributed by atoms with van der Waals surface area (Å²) in [7, 11) is 1.70. The van der Waals surface area contributed by atoms with E-state index < -0.39 is 0 Å². The lowest BCUT2D eigenvalue weighted by molar-refractivity contribution is 0.130. The zero-order valence-corrected chi connectivity index (χ0v) is 14.5. The first-order chi connectivity index (χ1) is 11.7. The van der Waals surface area contributed by atoms with Crippen molar-refractivity contribution in [1.82, 2.24) is 15.1 Å². The lowest BCUT2D eigenvalue weighted by Gasteiger charge is -2.21. The molecule has 3 rings (SSSR count). The summed E-state index contributed by atoms with van der Waals surface area (Å²) in [4.78, 5) is 0. The number of nitrogens with zero attached hydrogens (tertiary/aromatic N) is 2. The van der Waals surface area contributed by atoms with Crippen LogP contribution in [0.25, 0.3) is 0 Å². The smallest absolute Gasteiger partial charge is 0.123 e. The molecule has 130 valence electrons. The number of rotatable bonds is 7. The zero-order chi connectivity index (χ0) is 16.9. The van der Waals surface area contributed by atoms with Crippen LogP contribution in [0.15, 0.2) is 36.7 Å². The molecule has 24 heavy (non-hydrogen) atoms. The highest BCUT2D eigenvalue weighted by molar-refractivity contribution is 5.38. The molecule has 2 N–H and O–H groups in total. The van der Waals surface area contributed by atoms with Crippen LogP contribution < -0.4 is 10.1 Å². The standard InChI is InChI=1S/C19H27N3O2/c1-14(20-12-16-5-3-6-18(16)23)15-7-8-19(24-2)17(11-15)13-22-10-4-9-21-22/h4,7-11,14,16,18,20,23H,3,5-6,12-13H2,1-2H3. The van der Waals surface area contributed by atoms with Gasteiger partial charge in [0.15, 0.2) is 0 Å². The molecule has 0 bridgehead atoms. The van der Waals surface area contributed by atoms with Gasteiger partial charge < -0.3 is 15.2 Å². The fourth-order valence-electron chi connectivity index (χ4n) is 3.46. The molecule has 1 aliphatic carbocycles. The number of hydrogen-bond donors (Lipinski definition) is 2. The maximum atomic E-state index is 9.96. The zero-order valence-electron chi connectivity index (χ0n) is 14.5. The lowest BCUT2D eigenvalue weighted by Crippen LogP contribution is -2.29. The van der Waals surface area contributed by atoms with Crippen molar-refractivity contribution < 1.29 is 9.84 Å². The maximum Gasteiger partial charge on any atom is 0.123 e. The summed E-state index contributed by atoms with van der Waals surface area (Å²) < 4.78 is 7.39. The summed E-state index contributed by atoms with van der Waals surface area (Å²) >= 11 is 0. The molecule has 0 saturated heterocycles. The third-order valence-corrected chi connectivity index (χ3v) is 5.00. The van der Waals surface area contributed by atoms with E-state index in [4.69, 9.17) is 4.74 Å². The minimum atomic E-state index is -0.143. The van der Waals surface area contributed by atoms with E-state index in [1.54, 1.807) is 13.3 Å². The number of ether oxygens (including phenoxy) is 1. The molecular weight excluding hydrogens is 302 g/mol. The predicted molar refractivity (Wildman–Crippen MR) is 94.1 cm³/mol. The average molecular weight is 329 g/mol. The Labute approximate surface area is 143 Å². The van der Waals surface area contributed by atoms with Gasteiger partial charge in [0, 0.05) is 30.5 Å². The number of methoxy groups -OCH3 is 1. The van der Waals surface area contributed by atoms with Gasteiger partial charge >= 0.3 is 0 Å². The van der Waals surface area contributed by atoms with Crippen molar-refractivity contribution in [3.63, 3.8) is 0 Å². The molecule has 0 aliphatic heterocycles. The van der Waals surface area contributed by atoms with Crippen molar-refractivity contribution in [3.05, 3.63) is 47.8 Å². The number of hydrogen-bond acceptors (Lipinski definition) is 4. The van der Waals surface area contributed by atoms with Crippen molar-refractivity contribution in [2.75, 3.05) is 13.7 Å². The topological polar surface area (TPSA) is 59.3 Å². The highest BCUT2D eigenvalue weighted by Crippen LogP contribution is 2.27. The van der Waals surface area contributed by atoms with Crippen molar-refractivity contribution in [2.45, 2.75) is 44.9 Å². The lowest BCUT2D eigenvalue weighted by atomic mass is 10.0. The summed E-state index contributed by atoms with van der Waals surface area (Å²) in [6.07, 6.45) is 6.79. The van der Waals surface area contributed by atoms with Gasteiger partial charge in [0.05, 0.1) is 19.8 Å². The van der Waals surface area contributed by atoms with E-state index in [2.05, 4.69) is 29.5 Å². The SMILES string of the molecule is COc1ccc(C(C)NCC2CCCC2O)cc1Cn1cccn1. The van der Waals surface area contributed by atoms with Gasteiger partial charge in [0.1, 0.15) is 5.75 Å². The molecule has 2 aromatic rings. The van der Waals surface area contributed by atoms with Crippen LogP contribution in [0.3, 0.4) is 0 Å². The fraction of sp³-hybridized carbons (Fsp3) is 0.526. The number of nitrogens with one attached hydrogen (secondary N) is 1. The average Bonchev–Trinajstić information content (AvgIpc) is 3.24. The summed E-state index contributed by atoms with van der Waals surface area (Å²) in [6.45, 7) is 3.72. The Morgan fingerprint density at radius 1 is 1.42 bits per heavy atom. The van der Waals surface area contributed by atoms with Crippen LogP contribution in [0.1, 0.15) is 43.4 Å². The first-order valence-electron chi connectivity index (χ1n) is 8.73. The number of benzene rings is 1. The molecule has 1 fully saturated rings. The third kappa shape index (κ3) is 3.97. The number of aliphatic hydroxyl groups is 1. The third-order valence-electron chi connectivity index (χ3n) is 5.00. The molecule has 5 nitrogen and oxygen atoms in total. The summed E-state index contributed by atoms with van der Waals surface area (Å²) in [5, 5.41) is 17.8. The van der Waals surface area contributed by atoms with Gasteiger partial charge in [0.2, 0.25) is 0 Å². The number of aromatic nitrogens is 2. The minimum absolute atomic E-state index is 0.143. The van der Waals surface area contributed by atoms with E-state index in [1.165, 1.54) is 5.56 Å². The normalized spacial score (nSPS) is 21.8. The highest BCUT2D eigenvalue weighted by atomic mass is 16.5. The van der Waals surface area contributed by atoms with E-state index in [0.29, 0.717) is 12.5 Å². The molecule has 1 aromatic carbocycles. The molecule has 5 heteroatoms. The van der Waals surface area contributed by atoms with E-state index in [9.17, 15) is 5.11 Å². The van der Waals surface area contributed by atoms with Crippen LogP contribution in [0.2, 0.25) is 0 Å². The van der Waals surface area contributed by atoms with Crippen LogP contribution in [0.4, 0.5) is 0 Å². The monoisotopic (exact) mass is 329 g/mol. The Bertz CT molecular complexity index is 642. The quantitative estimate of drug-likeness (QED) is 0.820. The number of aliphatic hydroxyl groups excluding tert-OH is 1. The summed E-state index contributed by atoms with van der Waals surface area (Å²) in [5.74, 6) is 1.27. The van der Waals surface area contributed by atoms with Gasteiger partial charge in [-0.2, -0.15) is 5.10 Å². The molecule has 1 aromatic heterocycles. The van der Waals surface area contributed by atoms with E-state index in [-0.39, 0.29) is 12.1 Å². The molecule has 3 unspecified atom stereocenters. The van der Waals surface area contributed by atoms with Crippen LogP contribution in [-0.4, -0.2) is 34.6 Å². The van der Waals surface area contributed by atoms with Gasteiger partial charge in [-0.3, -0.25) is 4.68 Å². The van der Waals surface area contributed by atoms with Crippen LogP contribution in [0, 0.1) is 5.92 Å². The van der Waals surface area contributed by atoms with Gasteiger partial charge in [-0.25, -0.2) is 0 Å². The Balaban J connectivity index is 1.68. The molecular formula is C19H27N3O2. The first kappa shape index (κ1) is 17.0. The Hall–Kier alpha value is -1.85. The van der Waals surface area contributed by atoms with Crippen LogP contribution in [0.5, 0.6) is 5.75 Å². The molecule has 0 amide bonds. The Morgan fingerprint density at radius 3 is 2.96 bits per heavy atom. The van der Waals surface area contributed by atoms with Crippen LogP contribution in [-0.2, 0) is 6.54 Å². The molecule has 3 atom stereocenters. The van der Waals surface area contributed by atoms with Crippen LogP contribution >= 0.6 is 0 Å². The molecule has 1 aliphatic rings. The van der Waals surface area contributed by atoms with Gasteiger partial charge in [-0.05, 0) is 49.4 Å². The highest BCUT2D eigenvalue weighted by Gasteiger charge is 2.25. The van der Waals surface area contributed by atoms with Crippen molar-refractivity contribution in [1.29, 1.82) is 0 Å².